The van der Waals surface area contributed by atoms with E-state index in [2.05, 4.69) is 15.9 Å². The lowest BCUT2D eigenvalue weighted by atomic mass is 10.00. The number of hydrogen-bond donors (Lipinski definition) is 1. The molecule has 0 bridgehead atoms. The highest BCUT2D eigenvalue weighted by molar-refractivity contribution is 9.10. The molecule has 1 aromatic rings. The van der Waals surface area contributed by atoms with E-state index < -0.39 is 0 Å². The summed E-state index contributed by atoms with van der Waals surface area (Å²) < 4.78 is 19.6. The van der Waals surface area contributed by atoms with E-state index in [0.29, 0.717) is 6.10 Å². The second kappa shape index (κ2) is 6.64. The van der Waals surface area contributed by atoms with Crippen LogP contribution >= 0.6 is 15.9 Å². The highest BCUT2D eigenvalue weighted by Crippen LogP contribution is 2.27. The van der Waals surface area contributed by atoms with Gasteiger partial charge in [0.2, 0.25) is 0 Å². The van der Waals surface area contributed by atoms with Crippen molar-refractivity contribution >= 4 is 15.9 Å². The smallest absolute Gasteiger partial charge is 0.123 e. The number of halogens is 2. The molecule has 1 aliphatic heterocycles. The van der Waals surface area contributed by atoms with Crippen LogP contribution in [0.2, 0.25) is 0 Å². The average molecular weight is 316 g/mol. The van der Waals surface area contributed by atoms with Gasteiger partial charge in [-0.2, -0.15) is 0 Å². The molecule has 1 heterocycles. The van der Waals surface area contributed by atoms with Crippen LogP contribution in [0.4, 0.5) is 4.39 Å². The molecule has 0 spiro atoms. The summed E-state index contributed by atoms with van der Waals surface area (Å²) in [5, 5.41) is 0. The largest absolute Gasteiger partial charge is 0.378 e. The van der Waals surface area contributed by atoms with Crippen LogP contribution in [-0.2, 0) is 4.74 Å². The molecule has 2 N–H and O–H groups in total. The third kappa shape index (κ3) is 3.77. The van der Waals surface area contributed by atoms with E-state index in [9.17, 15) is 4.39 Å². The normalized spacial score (nSPS) is 21.2. The van der Waals surface area contributed by atoms with E-state index in [4.69, 9.17) is 10.5 Å². The Hall–Kier alpha value is -0.450. The number of benzene rings is 1. The van der Waals surface area contributed by atoms with Gasteiger partial charge in [-0.1, -0.05) is 15.9 Å². The molecule has 2 rings (SSSR count). The molecule has 1 aromatic carbocycles. The molecular formula is C14H19BrFNO. The van der Waals surface area contributed by atoms with Gasteiger partial charge in [0.15, 0.2) is 0 Å². The van der Waals surface area contributed by atoms with Crippen molar-refractivity contribution in [1.82, 2.24) is 0 Å². The Bertz CT molecular complexity index is 393. The molecule has 100 valence electrons. The summed E-state index contributed by atoms with van der Waals surface area (Å²) in [7, 11) is 0. The Morgan fingerprint density at radius 3 is 3.06 bits per heavy atom. The minimum Gasteiger partial charge on any atom is -0.378 e. The third-order valence-electron chi connectivity index (χ3n) is 3.42. The molecule has 1 fully saturated rings. The van der Waals surface area contributed by atoms with Gasteiger partial charge in [-0.25, -0.2) is 4.39 Å². The van der Waals surface area contributed by atoms with Crippen LogP contribution in [0.3, 0.4) is 0 Å². The van der Waals surface area contributed by atoms with Gasteiger partial charge in [-0.3, -0.25) is 0 Å². The van der Waals surface area contributed by atoms with Crippen molar-refractivity contribution in [3.8, 4) is 0 Å². The summed E-state index contributed by atoms with van der Waals surface area (Å²) >= 11 is 3.42. The molecule has 2 nitrogen and oxygen atoms in total. The van der Waals surface area contributed by atoms with Gasteiger partial charge in [0.05, 0.1) is 6.10 Å². The van der Waals surface area contributed by atoms with Gasteiger partial charge in [0, 0.05) is 17.1 Å². The van der Waals surface area contributed by atoms with Crippen LogP contribution < -0.4 is 5.73 Å². The first-order valence-electron chi connectivity index (χ1n) is 6.49. The molecule has 0 radical (unpaired) electrons. The molecule has 1 saturated heterocycles. The summed E-state index contributed by atoms with van der Waals surface area (Å²) in [5.74, 6) is -0.234. The number of rotatable bonds is 5. The summed E-state index contributed by atoms with van der Waals surface area (Å²) in [5.41, 5.74) is 6.96. The summed E-state index contributed by atoms with van der Waals surface area (Å²) in [6.07, 6.45) is 5.69. The Kier molecular flexibility index (Phi) is 5.15. The molecule has 0 amide bonds. The Morgan fingerprint density at radius 1 is 1.50 bits per heavy atom. The fourth-order valence-corrected chi connectivity index (χ4v) is 2.93. The fraction of sp³-hybridized carbons (Fsp3) is 0.571. The summed E-state index contributed by atoms with van der Waals surface area (Å²) in [6, 6.07) is 4.55. The molecule has 1 aliphatic rings. The molecule has 0 aliphatic carbocycles. The van der Waals surface area contributed by atoms with Crippen LogP contribution in [0.15, 0.2) is 22.7 Å². The lowest BCUT2D eigenvalue weighted by Gasteiger charge is -2.15. The highest BCUT2D eigenvalue weighted by atomic mass is 79.9. The second-order valence-corrected chi connectivity index (χ2v) is 5.69. The predicted octanol–water partition coefficient (Wildman–Crippen LogP) is 3.94. The van der Waals surface area contributed by atoms with Crippen molar-refractivity contribution in [2.45, 2.75) is 44.2 Å². The zero-order valence-electron chi connectivity index (χ0n) is 10.4. The zero-order valence-corrected chi connectivity index (χ0v) is 12.0. The van der Waals surface area contributed by atoms with Gasteiger partial charge >= 0.3 is 0 Å². The van der Waals surface area contributed by atoms with E-state index in [1.165, 1.54) is 25.0 Å². The van der Waals surface area contributed by atoms with E-state index in [-0.39, 0.29) is 11.9 Å². The van der Waals surface area contributed by atoms with Crippen molar-refractivity contribution in [2.75, 3.05) is 6.61 Å². The van der Waals surface area contributed by atoms with Crippen LogP contribution in [0.1, 0.15) is 43.7 Å². The maximum Gasteiger partial charge on any atom is 0.123 e. The van der Waals surface area contributed by atoms with Crippen molar-refractivity contribution in [3.63, 3.8) is 0 Å². The SMILES string of the molecule is NC(CCCC1CCCO1)c1cc(F)ccc1Br. The average Bonchev–Trinajstić information content (AvgIpc) is 2.85. The van der Waals surface area contributed by atoms with Crippen molar-refractivity contribution in [3.05, 3.63) is 34.1 Å². The van der Waals surface area contributed by atoms with Gasteiger partial charge in [0.1, 0.15) is 5.82 Å². The molecule has 4 heteroatoms. The van der Waals surface area contributed by atoms with E-state index >= 15 is 0 Å². The first-order chi connectivity index (χ1) is 8.66. The van der Waals surface area contributed by atoms with Gasteiger partial charge in [0.25, 0.3) is 0 Å². The van der Waals surface area contributed by atoms with Gasteiger partial charge in [-0.05, 0) is 55.9 Å². The number of hydrogen-bond acceptors (Lipinski definition) is 2. The lowest BCUT2D eigenvalue weighted by molar-refractivity contribution is 0.101. The third-order valence-corrected chi connectivity index (χ3v) is 4.14. The summed E-state index contributed by atoms with van der Waals surface area (Å²) in [4.78, 5) is 0. The Labute approximate surface area is 116 Å². The first-order valence-corrected chi connectivity index (χ1v) is 7.28. The molecular weight excluding hydrogens is 297 g/mol. The molecule has 18 heavy (non-hydrogen) atoms. The van der Waals surface area contributed by atoms with E-state index in [1.807, 2.05) is 0 Å². The van der Waals surface area contributed by atoms with Crippen LogP contribution in [-0.4, -0.2) is 12.7 Å². The highest BCUT2D eigenvalue weighted by Gasteiger charge is 2.16. The monoisotopic (exact) mass is 315 g/mol. The molecule has 2 unspecified atom stereocenters. The van der Waals surface area contributed by atoms with Gasteiger partial charge in [-0.15, -0.1) is 0 Å². The summed E-state index contributed by atoms with van der Waals surface area (Å²) in [6.45, 7) is 0.895. The van der Waals surface area contributed by atoms with Crippen LogP contribution in [0.25, 0.3) is 0 Å². The zero-order chi connectivity index (χ0) is 13.0. The quantitative estimate of drug-likeness (QED) is 0.893. The topological polar surface area (TPSA) is 35.2 Å². The lowest BCUT2D eigenvalue weighted by Crippen LogP contribution is -2.13. The fourth-order valence-electron chi connectivity index (χ4n) is 2.39. The van der Waals surface area contributed by atoms with E-state index in [1.54, 1.807) is 6.07 Å². The van der Waals surface area contributed by atoms with Crippen molar-refractivity contribution in [2.24, 2.45) is 5.73 Å². The first kappa shape index (κ1) is 14.0. The minimum atomic E-state index is -0.234. The van der Waals surface area contributed by atoms with Crippen molar-refractivity contribution < 1.29 is 9.13 Å². The second-order valence-electron chi connectivity index (χ2n) is 4.84. The predicted molar refractivity (Wildman–Crippen MR) is 73.9 cm³/mol. The number of nitrogens with two attached hydrogens (primary N) is 1. The van der Waals surface area contributed by atoms with Gasteiger partial charge < -0.3 is 10.5 Å². The standard InChI is InChI=1S/C14H19BrFNO/c15-13-7-6-10(16)9-12(13)14(17)5-1-3-11-4-2-8-18-11/h6-7,9,11,14H,1-5,8,17H2. The molecule has 0 saturated carbocycles. The molecule has 2 atom stereocenters. The van der Waals surface area contributed by atoms with E-state index in [0.717, 1.165) is 35.9 Å². The maximum atomic E-state index is 13.2. The Morgan fingerprint density at radius 2 is 2.33 bits per heavy atom. The van der Waals surface area contributed by atoms with Crippen molar-refractivity contribution in [1.29, 1.82) is 0 Å². The van der Waals surface area contributed by atoms with Crippen LogP contribution in [0.5, 0.6) is 0 Å². The minimum absolute atomic E-state index is 0.114. The number of ether oxygens (including phenoxy) is 1. The molecule has 0 aromatic heterocycles. The Balaban J connectivity index is 1.83. The van der Waals surface area contributed by atoms with Crippen LogP contribution in [0, 0.1) is 5.82 Å². The maximum absolute atomic E-state index is 13.2.